The molecule has 0 fully saturated rings. The van der Waals surface area contributed by atoms with E-state index in [9.17, 15) is 0 Å². The number of rotatable bonds is 8. The number of nitrogens with zero attached hydrogens (tertiary/aromatic N) is 3. The number of hydrogen-bond donors (Lipinski definition) is 1. The van der Waals surface area contributed by atoms with Crippen LogP contribution in [0.3, 0.4) is 0 Å². The lowest BCUT2D eigenvalue weighted by Crippen LogP contribution is -2.20. The van der Waals surface area contributed by atoms with Crippen molar-refractivity contribution in [2.45, 2.75) is 59.0 Å². The molecule has 0 spiro atoms. The van der Waals surface area contributed by atoms with Gasteiger partial charge in [0.05, 0.1) is 0 Å². The average Bonchev–Trinajstić information content (AvgIpc) is 3.08. The van der Waals surface area contributed by atoms with Crippen molar-refractivity contribution in [3.63, 3.8) is 0 Å². The summed E-state index contributed by atoms with van der Waals surface area (Å²) in [5.74, 6) is 1.73. The minimum atomic E-state index is 0.297. The zero-order valence-electron chi connectivity index (χ0n) is 13.5. The fraction of sp³-hybridized carbons (Fsp3) is 0.625. The molecule has 1 unspecified atom stereocenters. The Morgan fingerprint density at radius 1 is 1.33 bits per heavy atom. The first-order chi connectivity index (χ1) is 10.1. The van der Waals surface area contributed by atoms with Gasteiger partial charge in [-0.1, -0.05) is 39.3 Å². The number of hydrogen-bond acceptors (Lipinski definition) is 4. The minimum absolute atomic E-state index is 0.297. The lowest BCUT2D eigenvalue weighted by molar-refractivity contribution is 0.364. The van der Waals surface area contributed by atoms with Gasteiger partial charge in [0, 0.05) is 24.4 Å². The molecule has 116 valence electrons. The van der Waals surface area contributed by atoms with Crippen LogP contribution in [0.15, 0.2) is 23.0 Å². The van der Waals surface area contributed by atoms with E-state index in [4.69, 9.17) is 4.52 Å². The van der Waals surface area contributed by atoms with E-state index in [0.29, 0.717) is 24.4 Å². The second-order valence-electron chi connectivity index (χ2n) is 5.72. The van der Waals surface area contributed by atoms with Crippen LogP contribution in [0.5, 0.6) is 0 Å². The number of nitrogens with one attached hydrogen (secondary N) is 1. The number of aromatic nitrogens is 3. The van der Waals surface area contributed by atoms with Gasteiger partial charge < -0.3 is 14.4 Å². The van der Waals surface area contributed by atoms with Gasteiger partial charge in [-0.3, -0.25) is 0 Å². The zero-order chi connectivity index (χ0) is 15.2. The van der Waals surface area contributed by atoms with Gasteiger partial charge in [-0.15, -0.1) is 0 Å². The van der Waals surface area contributed by atoms with Crippen molar-refractivity contribution in [2.75, 3.05) is 6.54 Å². The Labute approximate surface area is 126 Å². The first-order valence-corrected chi connectivity index (χ1v) is 7.85. The fourth-order valence-corrected chi connectivity index (χ4v) is 2.41. The van der Waals surface area contributed by atoms with E-state index in [1.807, 2.05) is 0 Å². The molecule has 0 saturated heterocycles. The van der Waals surface area contributed by atoms with Crippen LogP contribution < -0.4 is 5.32 Å². The Hall–Kier alpha value is -1.62. The third kappa shape index (κ3) is 4.17. The molecule has 0 radical (unpaired) electrons. The summed E-state index contributed by atoms with van der Waals surface area (Å²) in [7, 11) is 0. The zero-order valence-corrected chi connectivity index (χ0v) is 13.5. The summed E-state index contributed by atoms with van der Waals surface area (Å²) in [6, 6.07) is 2.60. The lowest BCUT2D eigenvalue weighted by atomic mass is 10.1. The quantitative estimate of drug-likeness (QED) is 0.808. The Morgan fingerprint density at radius 2 is 2.14 bits per heavy atom. The maximum Gasteiger partial charge on any atom is 0.246 e. The molecule has 0 aliphatic rings. The van der Waals surface area contributed by atoms with E-state index >= 15 is 0 Å². The summed E-state index contributed by atoms with van der Waals surface area (Å²) in [6.07, 6.45) is 6.57. The van der Waals surface area contributed by atoms with Gasteiger partial charge in [0.15, 0.2) is 5.82 Å². The first-order valence-electron chi connectivity index (χ1n) is 7.85. The molecule has 2 aromatic heterocycles. The van der Waals surface area contributed by atoms with Crippen molar-refractivity contribution in [3.05, 3.63) is 35.7 Å². The van der Waals surface area contributed by atoms with Gasteiger partial charge >= 0.3 is 0 Å². The summed E-state index contributed by atoms with van der Waals surface area (Å²) in [6.45, 7) is 10.1. The van der Waals surface area contributed by atoms with Gasteiger partial charge in [0.1, 0.15) is 6.54 Å². The predicted molar refractivity (Wildman–Crippen MR) is 83.2 cm³/mol. The highest BCUT2D eigenvalue weighted by atomic mass is 16.5. The van der Waals surface area contributed by atoms with E-state index in [2.05, 4.69) is 66.2 Å². The lowest BCUT2D eigenvalue weighted by Gasteiger charge is -2.15. The topological polar surface area (TPSA) is 55.9 Å². The van der Waals surface area contributed by atoms with Crippen LogP contribution in [0.25, 0.3) is 0 Å². The van der Waals surface area contributed by atoms with Gasteiger partial charge in [-0.2, -0.15) is 4.98 Å². The van der Waals surface area contributed by atoms with Gasteiger partial charge in [0.2, 0.25) is 5.89 Å². The van der Waals surface area contributed by atoms with Crippen molar-refractivity contribution < 1.29 is 4.52 Å². The minimum Gasteiger partial charge on any atom is -0.345 e. The van der Waals surface area contributed by atoms with Crippen LogP contribution >= 0.6 is 0 Å². The first kappa shape index (κ1) is 15.8. The maximum atomic E-state index is 5.30. The van der Waals surface area contributed by atoms with E-state index in [1.165, 1.54) is 12.0 Å². The van der Waals surface area contributed by atoms with E-state index in [-0.39, 0.29) is 0 Å². The van der Waals surface area contributed by atoms with Crippen molar-refractivity contribution in [1.29, 1.82) is 0 Å². The second kappa shape index (κ2) is 7.41. The van der Waals surface area contributed by atoms with Crippen molar-refractivity contribution in [3.8, 4) is 0 Å². The van der Waals surface area contributed by atoms with E-state index < -0.39 is 0 Å². The largest absolute Gasteiger partial charge is 0.345 e. The molecule has 1 N–H and O–H groups in total. The normalized spacial score (nSPS) is 13.0. The second-order valence-corrected chi connectivity index (χ2v) is 5.72. The molecule has 2 rings (SSSR count). The monoisotopic (exact) mass is 290 g/mol. The smallest absolute Gasteiger partial charge is 0.246 e. The third-order valence-corrected chi connectivity index (χ3v) is 3.52. The van der Waals surface area contributed by atoms with Crippen LogP contribution in [-0.2, 0) is 6.54 Å². The van der Waals surface area contributed by atoms with Crippen molar-refractivity contribution in [1.82, 2.24) is 20.0 Å². The SMILES string of the molecule is CCCC(NCC)c1ccn(Cc2nc(C(C)C)no2)c1. The van der Waals surface area contributed by atoms with Crippen molar-refractivity contribution in [2.24, 2.45) is 0 Å². The average molecular weight is 290 g/mol. The van der Waals surface area contributed by atoms with Crippen molar-refractivity contribution >= 4 is 0 Å². The molecule has 5 nitrogen and oxygen atoms in total. The van der Waals surface area contributed by atoms with Crippen LogP contribution in [0.2, 0.25) is 0 Å². The Kier molecular flexibility index (Phi) is 5.56. The summed E-state index contributed by atoms with van der Waals surface area (Å²) in [4.78, 5) is 4.42. The molecule has 0 aliphatic heterocycles. The van der Waals surface area contributed by atoms with Crippen LogP contribution in [0, 0.1) is 0 Å². The molecule has 5 heteroatoms. The fourth-order valence-electron chi connectivity index (χ4n) is 2.41. The Bertz CT molecular complexity index is 538. The molecule has 0 aromatic carbocycles. The highest BCUT2D eigenvalue weighted by Crippen LogP contribution is 2.19. The Morgan fingerprint density at radius 3 is 2.76 bits per heavy atom. The summed E-state index contributed by atoms with van der Waals surface area (Å²) < 4.78 is 7.40. The molecule has 0 bridgehead atoms. The summed E-state index contributed by atoms with van der Waals surface area (Å²) in [5.41, 5.74) is 1.32. The molecule has 0 amide bonds. The molecule has 2 aromatic rings. The van der Waals surface area contributed by atoms with E-state index in [1.54, 1.807) is 0 Å². The van der Waals surface area contributed by atoms with Gasteiger partial charge in [-0.25, -0.2) is 0 Å². The highest BCUT2D eigenvalue weighted by molar-refractivity contribution is 5.16. The Balaban J connectivity index is 2.04. The third-order valence-electron chi connectivity index (χ3n) is 3.52. The summed E-state index contributed by atoms with van der Waals surface area (Å²) >= 11 is 0. The molecular weight excluding hydrogens is 264 g/mol. The van der Waals surface area contributed by atoms with Crippen LogP contribution in [0.1, 0.15) is 69.8 Å². The molecule has 1 atom stereocenters. The molecule has 0 saturated carbocycles. The molecule has 2 heterocycles. The maximum absolute atomic E-state index is 5.30. The molecule has 0 aliphatic carbocycles. The van der Waals surface area contributed by atoms with Crippen LogP contribution in [-0.4, -0.2) is 21.3 Å². The van der Waals surface area contributed by atoms with Gasteiger partial charge in [-0.05, 0) is 24.6 Å². The summed E-state index contributed by atoms with van der Waals surface area (Å²) in [5, 5.41) is 7.53. The molecule has 21 heavy (non-hydrogen) atoms. The molecular formula is C16H26N4O. The van der Waals surface area contributed by atoms with Gasteiger partial charge in [0.25, 0.3) is 0 Å². The van der Waals surface area contributed by atoms with Crippen LogP contribution in [0.4, 0.5) is 0 Å². The predicted octanol–water partition coefficient (Wildman–Crippen LogP) is 3.49. The highest BCUT2D eigenvalue weighted by Gasteiger charge is 2.13. The van der Waals surface area contributed by atoms with E-state index in [0.717, 1.165) is 18.8 Å². The standard InChI is InChI=1S/C16H26N4O/c1-5-7-14(17-6-2)13-8-9-20(10-13)11-15-18-16(12(3)4)19-21-15/h8-10,12,14,17H,5-7,11H2,1-4H3.